The van der Waals surface area contributed by atoms with Gasteiger partial charge in [-0.1, -0.05) is 39.3 Å². The summed E-state index contributed by atoms with van der Waals surface area (Å²) in [4.78, 5) is 0. The van der Waals surface area contributed by atoms with E-state index in [0.717, 1.165) is 30.9 Å². The van der Waals surface area contributed by atoms with Crippen LogP contribution in [-0.4, -0.2) is 20.8 Å². The third-order valence-corrected chi connectivity index (χ3v) is 3.60. The topological polar surface area (TPSA) is 30.5 Å². The molecule has 3 nitrogen and oxygen atoms in total. The second-order valence-electron chi connectivity index (χ2n) is 4.90. The Morgan fingerprint density at radius 2 is 1.89 bits per heavy atom. The molecule has 1 rings (SSSR count). The van der Waals surface area contributed by atoms with Crippen molar-refractivity contribution in [1.82, 2.24) is 5.32 Å². The summed E-state index contributed by atoms with van der Waals surface area (Å²) in [5.74, 6) is 2.19. The Morgan fingerprint density at radius 1 is 1.16 bits per heavy atom. The van der Waals surface area contributed by atoms with Gasteiger partial charge in [-0.2, -0.15) is 0 Å². The van der Waals surface area contributed by atoms with Crippen LogP contribution in [0.4, 0.5) is 0 Å². The van der Waals surface area contributed by atoms with Gasteiger partial charge < -0.3 is 14.8 Å². The van der Waals surface area contributed by atoms with Crippen LogP contribution in [-0.2, 0) is 0 Å². The van der Waals surface area contributed by atoms with Gasteiger partial charge >= 0.3 is 0 Å². The van der Waals surface area contributed by atoms with Crippen LogP contribution in [0, 0.1) is 5.92 Å². The molecular formula is C16H27NO2. The molecule has 1 aromatic rings. The fourth-order valence-electron chi connectivity index (χ4n) is 2.31. The average molecular weight is 265 g/mol. The summed E-state index contributed by atoms with van der Waals surface area (Å²) in [5, 5.41) is 3.63. The van der Waals surface area contributed by atoms with Crippen LogP contribution < -0.4 is 14.8 Å². The Labute approximate surface area is 117 Å². The minimum atomic E-state index is 0.301. The molecule has 0 radical (unpaired) electrons. The van der Waals surface area contributed by atoms with E-state index in [2.05, 4.69) is 32.2 Å². The zero-order chi connectivity index (χ0) is 14.3. The lowest BCUT2D eigenvalue weighted by Crippen LogP contribution is -2.28. The molecule has 0 heterocycles. The lowest BCUT2D eigenvalue weighted by Gasteiger charge is -2.27. The van der Waals surface area contributed by atoms with Crippen molar-refractivity contribution < 1.29 is 9.47 Å². The van der Waals surface area contributed by atoms with E-state index in [1.54, 1.807) is 14.2 Å². The van der Waals surface area contributed by atoms with Crippen molar-refractivity contribution in [3.63, 3.8) is 0 Å². The van der Waals surface area contributed by atoms with Crippen molar-refractivity contribution in [3.05, 3.63) is 23.8 Å². The monoisotopic (exact) mass is 265 g/mol. The van der Waals surface area contributed by atoms with Crippen molar-refractivity contribution >= 4 is 0 Å². The third-order valence-electron chi connectivity index (χ3n) is 3.60. The van der Waals surface area contributed by atoms with Gasteiger partial charge in [-0.25, -0.2) is 0 Å². The summed E-state index contributed by atoms with van der Waals surface area (Å²) in [7, 11) is 3.38. The molecule has 0 bridgehead atoms. The Hall–Kier alpha value is -1.22. The van der Waals surface area contributed by atoms with Gasteiger partial charge in [0.15, 0.2) is 11.5 Å². The van der Waals surface area contributed by atoms with E-state index >= 15 is 0 Å². The summed E-state index contributed by atoms with van der Waals surface area (Å²) in [6.07, 6.45) is 2.25. The molecule has 1 N–H and O–H groups in total. The Balaban J connectivity index is 3.13. The maximum atomic E-state index is 5.56. The van der Waals surface area contributed by atoms with Crippen molar-refractivity contribution in [2.45, 2.75) is 39.7 Å². The first-order chi connectivity index (χ1) is 9.19. The summed E-state index contributed by atoms with van der Waals surface area (Å²) in [5.41, 5.74) is 1.18. The molecule has 0 aliphatic heterocycles. The first-order valence-corrected chi connectivity index (χ1v) is 7.13. The van der Waals surface area contributed by atoms with E-state index in [1.807, 2.05) is 12.1 Å². The number of nitrogens with one attached hydrogen (secondary N) is 1. The molecule has 108 valence electrons. The highest BCUT2D eigenvalue weighted by Crippen LogP contribution is 2.37. The third kappa shape index (κ3) is 3.87. The van der Waals surface area contributed by atoms with Crippen LogP contribution >= 0.6 is 0 Å². The molecule has 0 fully saturated rings. The molecule has 0 aliphatic carbocycles. The molecule has 0 aromatic heterocycles. The number of hydrogen-bond acceptors (Lipinski definition) is 3. The molecule has 19 heavy (non-hydrogen) atoms. The van der Waals surface area contributed by atoms with Crippen LogP contribution in [0.1, 0.15) is 45.2 Å². The van der Waals surface area contributed by atoms with Gasteiger partial charge in [0.25, 0.3) is 0 Å². The summed E-state index contributed by atoms with van der Waals surface area (Å²) in [6, 6.07) is 6.39. The lowest BCUT2D eigenvalue weighted by atomic mass is 9.91. The smallest absolute Gasteiger partial charge is 0.165 e. The SMILES string of the molecule is CCCNC(c1cccc(OC)c1OC)C(C)CC. The molecule has 0 aliphatic rings. The molecular weight excluding hydrogens is 238 g/mol. The standard InChI is InChI=1S/C16H27NO2/c1-6-11-17-15(12(3)7-2)13-9-8-10-14(18-4)16(13)19-5/h8-10,12,15,17H,6-7,11H2,1-5H3. The van der Waals surface area contributed by atoms with Crippen molar-refractivity contribution in [3.8, 4) is 11.5 Å². The largest absolute Gasteiger partial charge is 0.493 e. The highest BCUT2D eigenvalue weighted by atomic mass is 16.5. The lowest BCUT2D eigenvalue weighted by molar-refractivity contribution is 0.328. The molecule has 0 spiro atoms. The second kappa shape index (κ2) is 8.05. The molecule has 0 saturated heterocycles. The molecule has 0 amide bonds. The predicted molar refractivity (Wildman–Crippen MR) is 80.0 cm³/mol. The summed E-state index contributed by atoms with van der Waals surface area (Å²) >= 11 is 0. The maximum absolute atomic E-state index is 5.56. The quantitative estimate of drug-likeness (QED) is 0.775. The number of para-hydroxylation sites is 1. The van der Waals surface area contributed by atoms with Crippen LogP contribution in [0.3, 0.4) is 0 Å². The summed E-state index contributed by atoms with van der Waals surface area (Å²) < 4.78 is 11.0. The van der Waals surface area contributed by atoms with Gasteiger partial charge in [-0.15, -0.1) is 0 Å². The number of benzene rings is 1. The zero-order valence-corrected chi connectivity index (χ0v) is 12.8. The van der Waals surface area contributed by atoms with Gasteiger partial charge in [0.2, 0.25) is 0 Å². The molecule has 0 saturated carbocycles. The fraction of sp³-hybridized carbons (Fsp3) is 0.625. The van der Waals surface area contributed by atoms with E-state index in [-0.39, 0.29) is 0 Å². The normalized spacial score (nSPS) is 13.9. The van der Waals surface area contributed by atoms with Gasteiger partial charge in [0, 0.05) is 11.6 Å². The Kier molecular flexibility index (Phi) is 6.71. The van der Waals surface area contributed by atoms with Crippen molar-refractivity contribution in [2.75, 3.05) is 20.8 Å². The van der Waals surface area contributed by atoms with Crippen LogP contribution in [0.2, 0.25) is 0 Å². The fourth-order valence-corrected chi connectivity index (χ4v) is 2.31. The van der Waals surface area contributed by atoms with Crippen LogP contribution in [0.25, 0.3) is 0 Å². The minimum absolute atomic E-state index is 0.301. The molecule has 2 atom stereocenters. The van der Waals surface area contributed by atoms with Gasteiger partial charge in [0.05, 0.1) is 14.2 Å². The molecule has 1 aromatic carbocycles. The van der Waals surface area contributed by atoms with E-state index in [9.17, 15) is 0 Å². The Bertz CT molecular complexity index is 379. The van der Waals surface area contributed by atoms with E-state index in [4.69, 9.17) is 9.47 Å². The molecule has 2 unspecified atom stereocenters. The number of hydrogen-bond donors (Lipinski definition) is 1. The summed E-state index contributed by atoms with van der Waals surface area (Å²) in [6.45, 7) is 7.68. The van der Waals surface area contributed by atoms with Crippen molar-refractivity contribution in [1.29, 1.82) is 0 Å². The minimum Gasteiger partial charge on any atom is -0.493 e. The average Bonchev–Trinajstić information content (AvgIpc) is 2.46. The maximum Gasteiger partial charge on any atom is 0.165 e. The van der Waals surface area contributed by atoms with E-state index in [0.29, 0.717) is 12.0 Å². The predicted octanol–water partition coefficient (Wildman–Crippen LogP) is 3.79. The number of ether oxygens (including phenoxy) is 2. The Morgan fingerprint density at radius 3 is 2.42 bits per heavy atom. The van der Waals surface area contributed by atoms with Gasteiger partial charge in [0.1, 0.15) is 0 Å². The highest BCUT2D eigenvalue weighted by molar-refractivity contribution is 5.48. The van der Waals surface area contributed by atoms with E-state index in [1.165, 1.54) is 5.56 Å². The number of rotatable bonds is 8. The van der Waals surface area contributed by atoms with E-state index < -0.39 is 0 Å². The van der Waals surface area contributed by atoms with Crippen molar-refractivity contribution in [2.24, 2.45) is 5.92 Å². The molecule has 3 heteroatoms. The van der Waals surface area contributed by atoms with Gasteiger partial charge in [-0.3, -0.25) is 0 Å². The zero-order valence-electron chi connectivity index (χ0n) is 12.8. The van der Waals surface area contributed by atoms with Crippen LogP contribution in [0.5, 0.6) is 11.5 Å². The van der Waals surface area contributed by atoms with Crippen LogP contribution in [0.15, 0.2) is 18.2 Å². The highest BCUT2D eigenvalue weighted by Gasteiger charge is 2.22. The number of methoxy groups -OCH3 is 2. The second-order valence-corrected chi connectivity index (χ2v) is 4.90. The van der Waals surface area contributed by atoms with Gasteiger partial charge in [-0.05, 0) is 24.9 Å². The first kappa shape index (κ1) is 15.8. The first-order valence-electron chi connectivity index (χ1n) is 7.13.